The highest BCUT2D eigenvalue weighted by atomic mass is 32.2. The lowest BCUT2D eigenvalue weighted by atomic mass is 10.0. The van der Waals surface area contributed by atoms with E-state index in [1.54, 1.807) is 0 Å². The predicted molar refractivity (Wildman–Crippen MR) is 74.2 cm³/mol. The molecule has 0 spiro atoms. The van der Waals surface area contributed by atoms with Crippen LogP contribution in [0.5, 0.6) is 0 Å². The van der Waals surface area contributed by atoms with Gasteiger partial charge in [0.05, 0.1) is 17.4 Å². The van der Waals surface area contributed by atoms with Crippen LogP contribution in [0.25, 0.3) is 0 Å². The summed E-state index contributed by atoms with van der Waals surface area (Å²) in [4.78, 5) is 0.955. The van der Waals surface area contributed by atoms with Crippen LogP contribution in [0.3, 0.4) is 0 Å². The molecule has 1 aromatic rings. The molecular formula is C14H21NO2S. The first-order valence-electron chi connectivity index (χ1n) is 6.41. The Morgan fingerprint density at radius 2 is 2.28 bits per heavy atom. The van der Waals surface area contributed by atoms with Crippen molar-refractivity contribution >= 4 is 10.8 Å². The molecule has 0 saturated carbocycles. The van der Waals surface area contributed by atoms with Crippen molar-refractivity contribution in [1.29, 1.82) is 0 Å². The van der Waals surface area contributed by atoms with E-state index >= 15 is 0 Å². The van der Waals surface area contributed by atoms with Gasteiger partial charge in [0.25, 0.3) is 0 Å². The Labute approximate surface area is 111 Å². The first-order chi connectivity index (χ1) is 8.72. The van der Waals surface area contributed by atoms with Crippen LogP contribution in [0.15, 0.2) is 29.2 Å². The molecule has 1 fully saturated rings. The Morgan fingerprint density at radius 3 is 2.89 bits per heavy atom. The third-order valence-corrected chi connectivity index (χ3v) is 5.19. The van der Waals surface area contributed by atoms with Gasteiger partial charge >= 0.3 is 0 Å². The quantitative estimate of drug-likeness (QED) is 0.883. The summed E-state index contributed by atoms with van der Waals surface area (Å²) in [6.45, 7) is 3.64. The van der Waals surface area contributed by atoms with Crippen molar-refractivity contribution < 1.29 is 8.95 Å². The van der Waals surface area contributed by atoms with Crippen LogP contribution in [0.2, 0.25) is 0 Å². The lowest BCUT2D eigenvalue weighted by molar-refractivity contribution is 0.179. The smallest absolute Gasteiger partial charge is 0.0548 e. The normalized spacial score (nSPS) is 22.9. The number of ether oxygens (including phenoxy) is 1. The number of rotatable bonds is 5. The first-order valence-corrected chi connectivity index (χ1v) is 7.73. The minimum absolute atomic E-state index is 0.271. The highest BCUT2D eigenvalue weighted by molar-refractivity contribution is 7.85. The molecule has 1 saturated heterocycles. The molecule has 3 nitrogen and oxygen atoms in total. The van der Waals surface area contributed by atoms with Gasteiger partial charge in [0.15, 0.2) is 0 Å². The molecule has 100 valence electrons. The van der Waals surface area contributed by atoms with E-state index in [0.29, 0.717) is 11.7 Å². The second kappa shape index (κ2) is 6.45. The maximum atomic E-state index is 12.4. The fourth-order valence-corrected chi connectivity index (χ4v) is 3.99. The molecule has 4 heteroatoms. The third kappa shape index (κ3) is 3.19. The molecule has 0 aromatic heterocycles. The number of benzene rings is 1. The maximum absolute atomic E-state index is 12.4. The largest absolute Gasteiger partial charge is 0.381 e. The second-order valence-electron chi connectivity index (χ2n) is 4.80. The minimum atomic E-state index is -0.939. The average Bonchev–Trinajstić information content (AvgIpc) is 2.90. The Hall–Kier alpha value is -0.710. The van der Waals surface area contributed by atoms with Crippen LogP contribution >= 0.6 is 0 Å². The van der Waals surface area contributed by atoms with Gasteiger partial charge in [-0.25, -0.2) is 0 Å². The van der Waals surface area contributed by atoms with E-state index in [1.807, 2.05) is 38.2 Å². The Kier molecular flexibility index (Phi) is 4.92. The van der Waals surface area contributed by atoms with Gasteiger partial charge in [-0.05, 0) is 32.0 Å². The zero-order valence-corrected chi connectivity index (χ0v) is 11.8. The highest BCUT2D eigenvalue weighted by Gasteiger charge is 2.26. The van der Waals surface area contributed by atoms with Gasteiger partial charge in [0, 0.05) is 29.2 Å². The van der Waals surface area contributed by atoms with Gasteiger partial charge in [-0.1, -0.05) is 18.2 Å². The van der Waals surface area contributed by atoms with Crippen molar-refractivity contribution in [3.63, 3.8) is 0 Å². The second-order valence-corrected chi connectivity index (χ2v) is 6.26. The number of nitrogens with one attached hydrogen (secondary N) is 1. The van der Waals surface area contributed by atoms with E-state index in [9.17, 15) is 4.21 Å². The first kappa shape index (κ1) is 13.7. The molecule has 1 heterocycles. The Morgan fingerprint density at radius 1 is 1.50 bits per heavy atom. The van der Waals surface area contributed by atoms with Crippen LogP contribution in [-0.2, 0) is 15.5 Å². The standard InChI is InChI=1S/C14H21NO2S/c1-11-5-3-4-6-14(11)18(16)10-13(15-2)12-7-8-17-9-12/h3-6,12-13,15H,7-10H2,1-2H3. The summed E-state index contributed by atoms with van der Waals surface area (Å²) in [6, 6.07) is 8.18. The maximum Gasteiger partial charge on any atom is 0.0548 e. The van der Waals surface area contributed by atoms with Gasteiger partial charge in [-0.15, -0.1) is 0 Å². The Balaban J connectivity index is 2.03. The molecule has 18 heavy (non-hydrogen) atoms. The fourth-order valence-electron chi connectivity index (χ4n) is 2.39. The number of hydrogen-bond acceptors (Lipinski definition) is 3. The molecule has 1 aliphatic heterocycles. The van der Waals surface area contributed by atoms with Gasteiger partial charge in [-0.3, -0.25) is 4.21 Å². The molecule has 0 amide bonds. The van der Waals surface area contributed by atoms with Crippen LogP contribution in [-0.4, -0.2) is 36.3 Å². The third-order valence-electron chi connectivity index (χ3n) is 3.57. The van der Waals surface area contributed by atoms with Crippen molar-refractivity contribution in [2.45, 2.75) is 24.3 Å². The van der Waals surface area contributed by atoms with Crippen molar-refractivity contribution in [3.05, 3.63) is 29.8 Å². The van der Waals surface area contributed by atoms with Crippen LogP contribution in [0, 0.1) is 12.8 Å². The lowest BCUT2D eigenvalue weighted by Gasteiger charge is -2.21. The average molecular weight is 267 g/mol. The van der Waals surface area contributed by atoms with Crippen molar-refractivity contribution in [2.24, 2.45) is 5.92 Å². The van der Waals surface area contributed by atoms with Gasteiger partial charge in [0.2, 0.25) is 0 Å². The van der Waals surface area contributed by atoms with E-state index in [1.165, 1.54) is 0 Å². The van der Waals surface area contributed by atoms with Crippen LogP contribution < -0.4 is 5.32 Å². The van der Waals surface area contributed by atoms with Gasteiger partial charge in [-0.2, -0.15) is 0 Å². The molecule has 1 aromatic carbocycles. The summed E-state index contributed by atoms with van der Waals surface area (Å²) < 4.78 is 17.8. The zero-order chi connectivity index (χ0) is 13.0. The SMILES string of the molecule is CNC(CS(=O)c1ccccc1C)C1CCOC1. The van der Waals surface area contributed by atoms with E-state index in [4.69, 9.17) is 4.74 Å². The number of aryl methyl sites for hydroxylation is 1. The highest BCUT2D eigenvalue weighted by Crippen LogP contribution is 2.20. The minimum Gasteiger partial charge on any atom is -0.381 e. The van der Waals surface area contributed by atoms with Crippen LogP contribution in [0.4, 0.5) is 0 Å². The summed E-state index contributed by atoms with van der Waals surface area (Å²) >= 11 is 0. The van der Waals surface area contributed by atoms with Gasteiger partial charge < -0.3 is 10.1 Å². The topological polar surface area (TPSA) is 38.3 Å². The van der Waals surface area contributed by atoms with Crippen LogP contribution in [0.1, 0.15) is 12.0 Å². The van der Waals surface area contributed by atoms with E-state index in [2.05, 4.69) is 5.32 Å². The molecule has 3 unspecified atom stereocenters. The van der Waals surface area contributed by atoms with E-state index in [0.717, 1.165) is 30.1 Å². The number of hydrogen-bond donors (Lipinski definition) is 1. The molecule has 1 aliphatic rings. The summed E-state index contributed by atoms with van der Waals surface area (Å²) in [5, 5.41) is 3.29. The molecule has 1 N–H and O–H groups in total. The molecule has 2 rings (SSSR count). The molecule has 0 radical (unpaired) electrons. The van der Waals surface area contributed by atoms with Crippen molar-refractivity contribution in [2.75, 3.05) is 26.0 Å². The van der Waals surface area contributed by atoms with E-state index in [-0.39, 0.29) is 6.04 Å². The molecule has 0 aliphatic carbocycles. The van der Waals surface area contributed by atoms with Crippen molar-refractivity contribution in [3.8, 4) is 0 Å². The molecule has 0 bridgehead atoms. The summed E-state index contributed by atoms with van der Waals surface area (Å²) in [6.07, 6.45) is 1.07. The summed E-state index contributed by atoms with van der Waals surface area (Å²) in [5.41, 5.74) is 1.10. The molecule has 3 atom stereocenters. The van der Waals surface area contributed by atoms with Crippen molar-refractivity contribution in [1.82, 2.24) is 5.32 Å². The zero-order valence-electron chi connectivity index (χ0n) is 11.0. The Bertz CT molecular complexity index is 416. The summed E-state index contributed by atoms with van der Waals surface area (Å²) in [7, 11) is 1.00. The monoisotopic (exact) mass is 267 g/mol. The van der Waals surface area contributed by atoms with Gasteiger partial charge in [0.1, 0.15) is 0 Å². The lowest BCUT2D eigenvalue weighted by Crippen LogP contribution is -2.38. The van der Waals surface area contributed by atoms with E-state index < -0.39 is 10.8 Å². The fraction of sp³-hybridized carbons (Fsp3) is 0.571. The summed E-state index contributed by atoms with van der Waals surface area (Å²) in [5.74, 6) is 1.15. The predicted octanol–water partition coefficient (Wildman–Crippen LogP) is 1.73. The molecular weight excluding hydrogens is 246 g/mol.